The monoisotopic (exact) mass is 428 g/mol. The first kappa shape index (κ1) is 19.8. The third kappa shape index (κ3) is 3.38. The molecule has 9 nitrogen and oxygen atoms in total. The van der Waals surface area contributed by atoms with Gasteiger partial charge in [0.15, 0.2) is 11.3 Å². The first-order chi connectivity index (χ1) is 15.7. The molecule has 0 bridgehead atoms. The van der Waals surface area contributed by atoms with Gasteiger partial charge in [-0.15, -0.1) is 0 Å². The molecule has 0 aliphatic heterocycles. The lowest BCUT2D eigenvalue weighted by Gasteiger charge is -2.04. The second-order valence-electron chi connectivity index (χ2n) is 7.15. The Labute approximate surface area is 182 Å². The number of hydrogen-bond acceptors (Lipinski definition) is 7. The average molecular weight is 428 g/mol. The lowest BCUT2D eigenvalue weighted by Crippen LogP contribution is -2.22. The summed E-state index contributed by atoms with van der Waals surface area (Å²) in [5.74, 6) is 0.723. The fourth-order valence-corrected chi connectivity index (χ4v) is 3.56. The highest BCUT2D eigenvalue weighted by Gasteiger charge is 2.19. The minimum Gasteiger partial charge on any atom is -0.497 e. The number of methoxy groups -OCH3 is 2. The Balaban J connectivity index is 1.77. The van der Waals surface area contributed by atoms with Gasteiger partial charge in [0, 0.05) is 7.11 Å². The van der Waals surface area contributed by atoms with Crippen molar-refractivity contribution in [3.05, 3.63) is 70.8 Å². The van der Waals surface area contributed by atoms with Gasteiger partial charge in [-0.1, -0.05) is 24.3 Å². The van der Waals surface area contributed by atoms with Crippen molar-refractivity contribution in [3.63, 3.8) is 0 Å². The van der Waals surface area contributed by atoms with E-state index in [0.29, 0.717) is 46.4 Å². The van der Waals surface area contributed by atoms with Gasteiger partial charge in [-0.05, 0) is 29.8 Å². The molecule has 0 saturated heterocycles. The highest BCUT2D eigenvalue weighted by molar-refractivity contribution is 6.04. The second kappa shape index (κ2) is 8.20. The molecule has 2 aromatic carbocycles. The van der Waals surface area contributed by atoms with Gasteiger partial charge in [-0.2, -0.15) is 9.78 Å². The van der Waals surface area contributed by atoms with Crippen LogP contribution in [0.5, 0.6) is 5.75 Å². The molecule has 0 atom stereocenters. The topological polar surface area (TPSA) is 96.4 Å². The van der Waals surface area contributed by atoms with Crippen LogP contribution in [0, 0.1) is 0 Å². The van der Waals surface area contributed by atoms with E-state index >= 15 is 0 Å². The predicted octanol–water partition coefficient (Wildman–Crippen LogP) is 2.83. The zero-order valence-corrected chi connectivity index (χ0v) is 17.6. The standard InChI is InChI=1S/C23H20N6O3/c1-31-11-10-28-14-24-21-19(23(28)30)20-22(27-18-9-4-3-8-17(18)26-20)29(21)25-13-15-6-5-7-16(12-15)32-2/h3-9,12-14H,10-11H2,1-2H3/b25-13-. The van der Waals surface area contributed by atoms with Crippen molar-refractivity contribution in [2.24, 2.45) is 5.10 Å². The van der Waals surface area contributed by atoms with Crippen LogP contribution in [0.25, 0.3) is 33.2 Å². The number of benzene rings is 2. The lowest BCUT2D eigenvalue weighted by molar-refractivity contribution is 0.186. The van der Waals surface area contributed by atoms with Crippen LogP contribution in [0.15, 0.2) is 64.8 Å². The highest BCUT2D eigenvalue weighted by atomic mass is 16.5. The Bertz CT molecular complexity index is 1540. The molecule has 0 radical (unpaired) electrons. The third-order valence-electron chi connectivity index (χ3n) is 5.16. The summed E-state index contributed by atoms with van der Waals surface area (Å²) >= 11 is 0. The van der Waals surface area contributed by atoms with E-state index in [-0.39, 0.29) is 5.56 Å². The van der Waals surface area contributed by atoms with Crippen LogP contribution < -0.4 is 10.3 Å². The van der Waals surface area contributed by atoms with Crippen LogP contribution in [0.2, 0.25) is 0 Å². The summed E-state index contributed by atoms with van der Waals surface area (Å²) in [5, 5.41) is 4.98. The minimum atomic E-state index is -0.211. The van der Waals surface area contributed by atoms with E-state index in [1.807, 2.05) is 48.5 Å². The molecule has 0 saturated carbocycles. The van der Waals surface area contributed by atoms with Crippen LogP contribution >= 0.6 is 0 Å². The summed E-state index contributed by atoms with van der Waals surface area (Å²) in [6.07, 6.45) is 3.18. The average Bonchev–Trinajstić information content (AvgIpc) is 3.14. The summed E-state index contributed by atoms with van der Waals surface area (Å²) in [4.78, 5) is 27.3. The number of fused-ring (bicyclic) bond motifs is 4. The van der Waals surface area contributed by atoms with E-state index in [1.165, 1.54) is 10.9 Å². The van der Waals surface area contributed by atoms with Gasteiger partial charge in [0.25, 0.3) is 5.56 Å². The van der Waals surface area contributed by atoms with Crippen LogP contribution in [-0.4, -0.2) is 51.2 Å². The first-order valence-corrected chi connectivity index (χ1v) is 10.0. The molecular weight excluding hydrogens is 408 g/mol. The molecule has 5 aromatic rings. The molecule has 0 N–H and O–H groups in total. The summed E-state index contributed by atoms with van der Waals surface area (Å²) in [6.45, 7) is 0.785. The molecule has 0 aliphatic rings. The molecule has 160 valence electrons. The quantitative estimate of drug-likeness (QED) is 0.386. The second-order valence-corrected chi connectivity index (χ2v) is 7.15. The molecule has 0 aliphatic carbocycles. The largest absolute Gasteiger partial charge is 0.497 e. The van der Waals surface area contributed by atoms with Gasteiger partial charge in [0.1, 0.15) is 23.0 Å². The summed E-state index contributed by atoms with van der Waals surface area (Å²) < 4.78 is 13.5. The fourth-order valence-electron chi connectivity index (χ4n) is 3.56. The molecule has 3 aromatic heterocycles. The maximum absolute atomic E-state index is 13.3. The molecule has 32 heavy (non-hydrogen) atoms. The van der Waals surface area contributed by atoms with E-state index in [1.54, 1.807) is 25.1 Å². The van der Waals surface area contributed by atoms with Crippen molar-refractivity contribution in [1.29, 1.82) is 0 Å². The van der Waals surface area contributed by atoms with Gasteiger partial charge in [-0.25, -0.2) is 15.0 Å². The smallest absolute Gasteiger partial charge is 0.265 e. The Hall–Kier alpha value is -4.11. The number of hydrogen-bond donors (Lipinski definition) is 0. The van der Waals surface area contributed by atoms with Crippen molar-refractivity contribution in [1.82, 2.24) is 24.2 Å². The minimum absolute atomic E-state index is 0.211. The van der Waals surface area contributed by atoms with Crippen molar-refractivity contribution >= 4 is 39.4 Å². The summed E-state index contributed by atoms with van der Waals surface area (Å²) in [6, 6.07) is 15.0. The highest BCUT2D eigenvalue weighted by Crippen LogP contribution is 2.25. The van der Waals surface area contributed by atoms with E-state index in [9.17, 15) is 4.79 Å². The number of nitrogens with zero attached hydrogens (tertiary/aromatic N) is 6. The van der Waals surface area contributed by atoms with Gasteiger partial charge < -0.3 is 9.47 Å². The maximum Gasteiger partial charge on any atom is 0.265 e. The normalized spacial score (nSPS) is 11.8. The number of aromatic nitrogens is 5. The van der Waals surface area contributed by atoms with Crippen LogP contribution in [0.3, 0.4) is 0 Å². The number of para-hydroxylation sites is 2. The van der Waals surface area contributed by atoms with E-state index in [0.717, 1.165) is 11.3 Å². The molecule has 0 fully saturated rings. The van der Waals surface area contributed by atoms with Crippen molar-refractivity contribution in [2.75, 3.05) is 20.8 Å². The van der Waals surface area contributed by atoms with Crippen LogP contribution in [0.4, 0.5) is 0 Å². The zero-order chi connectivity index (χ0) is 22.1. The first-order valence-electron chi connectivity index (χ1n) is 10.0. The summed E-state index contributed by atoms with van der Waals surface area (Å²) in [7, 11) is 3.20. The van der Waals surface area contributed by atoms with Gasteiger partial charge >= 0.3 is 0 Å². The zero-order valence-electron chi connectivity index (χ0n) is 17.6. The van der Waals surface area contributed by atoms with E-state index in [4.69, 9.17) is 19.4 Å². The Morgan fingerprint density at radius 3 is 2.62 bits per heavy atom. The summed E-state index contributed by atoms with van der Waals surface area (Å²) in [5.41, 5.74) is 3.35. The van der Waals surface area contributed by atoms with E-state index < -0.39 is 0 Å². The Morgan fingerprint density at radius 1 is 1.03 bits per heavy atom. The van der Waals surface area contributed by atoms with Gasteiger partial charge in [-0.3, -0.25) is 9.36 Å². The molecule has 0 unspecified atom stereocenters. The molecule has 0 amide bonds. The SMILES string of the molecule is COCCn1cnc2c(c1=O)c1nc3ccccc3nc1n2/N=C\c1cccc(OC)c1. The molecule has 5 rings (SSSR count). The van der Waals surface area contributed by atoms with E-state index in [2.05, 4.69) is 10.1 Å². The van der Waals surface area contributed by atoms with Crippen molar-refractivity contribution in [2.45, 2.75) is 6.54 Å². The third-order valence-corrected chi connectivity index (χ3v) is 5.16. The maximum atomic E-state index is 13.3. The van der Waals surface area contributed by atoms with Crippen LogP contribution in [0.1, 0.15) is 5.56 Å². The van der Waals surface area contributed by atoms with Crippen molar-refractivity contribution < 1.29 is 9.47 Å². The van der Waals surface area contributed by atoms with Gasteiger partial charge in [0.2, 0.25) is 0 Å². The lowest BCUT2D eigenvalue weighted by atomic mass is 10.2. The molecular formula is C23H20N6O3. The Morgan fingerprint density at radius 2 is 1.84 bits per heavy atom. The number of rotatable bonds is 6. The van der Waals surface area contributed by atoms with Crippen molar-refractivity contribution in [3.8, 4) is 5.75 Å². The molecule has 9 heteroatoms. The predicted molar refractivity (Wildman–Crippen MR) is 122 cm³/mol. The molecule has 0 spiro atoms. The molecule has 3 heterocycles. The number of ether oxygens (including phenoxy) is 2. The van der Waals surface area contributed by atoms with Crippen LogP contribution in [-0.2, 0) is 11.3 Å². The van der Waals surface area contributed by atoms with Gasteiger partial charge in [0.05, 0.1) is 37.5 Å². The fraction of sp³-hybridized carbons (Fsp3) is 0.174. The Kier molecular flexibility index (Phi) is 5.08.